The first kappa shape index (κ1) is 9.48. The topological polar surface area (TPSA) is 58.6 Å². The average molecular weight is 173 g/mol. The molecule has 0 unspecified atom stereocenters. The Hall–Kier alpha value is -0.610. The van der Waals surface area contributed by atoms with Gasteiger partial charge in [-0.1, -0.05) is 0 Å². The van der Waals surface area contributed by atoms with Gasteiger partial charge in [-0.25, -0.2) is 0 Å². The standard InChI is InChI=1S/C8H15NO3/c1-12-7(11)8(6-10)2-4-9-5-3-8/h9-10H,2-6H2,1H3. The van der Waals surface area contributed by atoms with Crippen LogP contribution in [0.1, 0.15) is 12.8 Å². The number of carbonyl (C=O) groups excluding carboxylic acids is 1. The van der Waals surface area contributed by atoms with Crippen LogP contribution >= 0.6 is 0 Å². The van der Waals surface area contributed by atoms with E-state index in [1.54, 1.807) is 0 Å². The maximum atomic E-state index is 11.3. The molecule has 0 aliphatic carbocycles. The highest BCUT2D eigenvalue weighted by Gasteiger charge is 2.39. The van der Waals surface area contributed by atoms with Crippen LogP contribution in [0, 0.1) is 5.41 Å². The molecule has 1 saturated heterocycles. The van der Waals surface area contributed by atoms with Crippen molar-refractivity contribution in [1.82, 2.24) is 5.32 Å². The highest BCUT2D eigenvalue weighted by atomic mass is 16.5. The minimum Gasteiger partial charge on any atom is -0.469 e. The lowest BCUT2D eigenvalue weighted by Gasteiger charge is -2.32. The molecule has 4 nitrogen and oxygen atoms in total. The van der Waals surface area contributed by atoms with Gasteiger partial charge in [0.05, 0.1) is 19.1 Å². The molecule has 0 radical (unpaired) electrons. The summed E-state index contributed by atoms with van der Waals surface area (Å²) in [5.41, 5.74) is -0.639. The molecule has 0 aromatic rings. The smallest absolute Gasteiger partial charge is 0.314 e. The van der Waals surface area contributed by atoms with E-state index in [2.05, 4.69) is 10.1 Å². The van der Waals surface area contributed by atoms with Crippen molar-refractivity contribution in [1.29, 1.82) is 0 Å². The van der Waals surface area contributed by atoms with Gasteiger partial charge in [-0.15, -0.1) is 0 Å². The number of hydrogen-bond donors (Lipinski definition) is 2. The van der Waals surface area contributed by atoms with Crippen LogP contribution in [0.2, 0.25) is 0 Å². The number of esters is 1. The van der Waals surface area contributed by atoms with Gasteiger partial charge in [-0.05, 0) is 25.9 Å². The lowest BCUT2D eigenvalue weighted by atomic mass is 9.80. The first-order valence-electron chi connectivity index (χ1n) is 4.15. The number of aliphatic hydroxyl groups excluding tert-OH is 1. The van der Waals surface area contributed by atoms with Crippen molar-refractivity contribution in [3.63, 3.8) is 0 Å². The van der Waals surface area contributed by atoms with E-state index >= 15 is 0 Å². The van der Waals surface area contributed by atoms with Gasteiger partial charge >= 0.3 is 5.97 Å². The van der Waals surface area contributed by atoms with E-state index in [4.69, 9.17) is 5.11 Å². The molecule has 1 heterocycles. The summed E-state index contributed by atoms with van der Waals surface area (Å²) >= 11 is 0. The van der Waals surface area contributed by atoms with Crippen molar-refractivity contribution < 1.29 is 14.6 Å². The zero-order chi connectivity index (χ0) is 9.03. The quantitative estimate of drug-likeness (QED) is 0.554. The number of methoxy groups -OCH3 is 1. The van der Waals surface area contributed by atoms with Crippen LogP contribution in [-0.4, -0.2) is 37.9 Å². The molecule has 0 aromatic carbocycles. The van der Waals surface area contributed by atoms with Gasteiger partial charge in [0.25, 0.3) is 0 Å². The Labute approximate surface area is 71.9 Å². The van der Waals surface area contributed by atoms with Crippen LogP contribution < -0.4 is 5.32 Å². The Balaban J connectivity index is 2.66. The monoisotopic (exact) mass is 173 g/mol. The van der Waals surface area contributed by atoms with Crippen molar-refractivity contribution in [2.24, 2.45) is 5.41 Å². The van der Waals surface area contributed by atoms with Crippen LogP contribution in [-0.2, 0) is 9.53 Å². The first-order chi connectivity index (χ1) is 5.75. The molecule has 2 N–H and O–H groups in total. The van der Waals surface area contributed by atoms with Crippen molar-refractivity contribution in [2.75, 3.05) is 26.8 Å². The zero-order valence-electron chi connectivity index (χ0n) is 7.30. The fourth-order valence-electron chi connectivity index (χ4n) is 1.55. The summed E-state index contributed by atoms with van der Waals surface area (Å²) < 4.78 is 4.66. The predicted octanol–water partition coefficient (Wildman–Crippen LogP) is -0.479. The van der Waals surface area contributed by atoms with E-state index in [-0.39, 0.29) is 12.6 Å². The molecular weight excluding hydrogens is 158 g/mol. The van der Waals surface area contributed by atoms with Crippen LogP contribution in [0.3, 0.4) is 0 Å². The summed E-state index contributed by atoms with van der Waals surface area (Å²) in [6.07, 6.45) is 1.33. The van der Waals surface area contributed by atoms with Crippen molar-refractivity contribution in [3.05, 3.63) is 0 Å². The summed E-state index contributed by atoms with van der Waals surface area (Å²) in [6, 6.07) is 0. The Morgan fingerprint density at radius 3 is 2.58 bits per heavy atom. The van der Waals surface area contributed by atoms with Gasteiger partial charge in [0.15, 0.2) is 0 Å². The molecule has 1 aliphatic heterocycles. The number of ether oxygens (including phenoxy) is 1. The highest BCUT2D eigenvalue weighted by molar-refractivity contribution is 5.77. The second-order valence-electron chi connectivity index (χ2n) is 3.18. The third-order valence-electron chi connectivity index (χ3n) is 2.48. The predicted molar refractivity (Wildman–Crippen MR) is 43.6 cm³/mol. The van der Waals surface area contributed by atoms with E-state index in [0.717, 1.165) is 13.1 Å². The summed E-state index contributed by atoms with van der Waals surface area (Å²) in [7, 11) is 1.36. The summed E-state index contributed by atoms with van der Waals surface area (Å²) in [6.45, 7) is 1.44. The normalized spacial score (nSPS) is 21.8. The minimum absolute atomic E-state index is 0.110. The average Bonchev–Trinajstić information content (AvgIpc) is 2.17. The first-order valence-corrected chi connectivity index (χ1v) is 4.15. The Morgan fingerprint density at radius 1 is 1.58 bits per heavy atom. The molecule has 70 valence electrons. The van der Waals surface area contributed by atoms with E-state index in [0.29, 0.717) is 12.8 Å². The maximum absolute atomic E-state index is 11.3. The van der Waals surface area contributed by atoms with E-state index in [1.807, 2.05) is 0 Å². The lowest BCUT2D eigenvalue weighted by Crippen LogP contribution is -2.45. The summed E-state index contributed by atoms with van der Waals surface area (Å²) in [5.74, 6) is -0.286. The lowest BCUT2D eigenvalue weighted by molar-refractivity contribution is -0.157. The highest BCUT2D eigenvalue weighted by Crippen LogP contribution is 2.29. The Kier molecular flexibility index (Phi) is 3.05. The molecule has 0 saturated carbocycles. The number of piperidine rings is 1. The van der Waals surface area contributed by atoms with Gasteiger partial charge in [-0.2, -0.15) is 0 Å². The molecule has 1 fully saturated rings. The van der Waals surface area contributed by atoms with E-state index in [9.17, 15) is 4.79 Å². The van der Waals surface area contributed by atoms with Crippen LogP contribution in [0.4, 0.5) is 0 Å². The molecule has 1 rings (SSSR count). The van der Waals surface area contributed by atoms with Gasteiger partial charge in [0, 0.05) is 0 Å². The van der Waals surface area contributed by atoms with Crippen LogP contribution in [0.25, 0.3) is 0 Å². The third-order valence-corrected chi connectivity index (χ3v) is 2.48. The molecule has 0 amide bonds. The summed E-state index contributed by atoms with van der Waals surface area (Å²) in [4.78, 5) is 11.3. The van der Waals surface area contributed by atoms with Crippen LogP contribution in [0.5, 0.6) is 0 Å². The van der Waals surface area contributed by atoms with Gasteiger partial charge in [0.2, 0.25) is 0 Å². The number of carbonyl (C=O) groups is 1. The Morgan fingerprint density at radius 2 is 2.17 bits per heavy atom. The maximum Gasteiger partial charge on any atom is 0.314 e. The number of rotatable bonds is 2. The third kappa shape index (κ3) is 1.59. The molecule has 12 heavy (non-hydrogen) atoms. The second-order valence-corrected chi connectivity index (χ2v) is 3.18. The molecule has 4 heteroatoms. The second kappa shape index (κ2) is 3.87. The molecule has 1 aliphatic rings. The van der Waals surface area contributed by atoms with Gasteiger partial charge in [-0.3, -0.25) is 4.79 Å². The van der Waals surface area contributed by atoms with Crippen molar-refractivity contribution >= 4 is 5.97 Å². The molecule has 0 spiro atoms. The van der Waals surface area contributed by atoms with Crippen molar-refractivity contribution in [3.8, 4) is 0 Å². The van der Waals surface area contributed by atoms with E-state index in [1.165, 1.54) is 7.11 Å². The molecular formula is C8H15NO3. The van der Waals surface area contributed by atoms with Crippen molar-refractivity contribution in [2.45, 2.75) is 12.8 Å². The molecule has 0 bridgehead atoms. The largest absolute Gasteiger partial charge is 0.469 e. The number of aliphatic hydroxyl groups is 1. The molecule has 0 aromatic heterocycles. The van der Waals surface area contributed by atoms with E-state index < -0.39 is 5.41 Å². The zero-order valence-corrected chi connectivity index (χ0v) is 7.30. The summed E-state index contributed by atoms with van der Waals surface area (Å²) in [5, 5.41) is 12.2. The Bertz CT molecular complexity index is 164. The number of nitrogens with one attached hydrogen (secondary N) is 1. The van der Waals surface area contributed by atoms with Gasteiger partial charge in [0.1, 0.15) is 0 Å². The fourth-order valence-corrected chi connectivity index (χ4v) is 1.55. The fraction of sp³-hybridized carbons (Fsp3) is 0.875. The number of hydrogen-bond acceptors (Lipinski definition) is 4. The SMILES string of the molecule is COC(=O)C1(CO)CCNCC1. The van der Waals surface area contributed by atoms with Crippen LogP contribution in [0.15, 0.2) is 0 Å². The molecule has 0 atom stereocenters. The minimum atomic E-state index is -0.639. The van der Waals surface area contributed by atoms with Gasteiger partial charge < -0.3 is 15.2 Å².